The number of rotatable bonds is 3. The van der Waals surface area contributed by atoms with Crippen LogP contribution in [0, 0.1) is 0 Å². The zero-order valence-corrected chi connectivity index (χ0v) is 13.7. The van der Waals surface area contributed by atoms with Gasteiger partial charge in [0.25, 0.3) is 0 Å². The normalized spacial score (nSPS) is 10.8. The maximum absolute atomic E-state index is 11.9. The standard InChI is InChI=1S/C14H11Cl2N5O2/c1-20-6-11(23-2)13(17-14(20)22)9-5-8(15)3-4-10(9)21-7-12(16)18-19-21/h3-7H,1-2H3. The molecule has 0 unspecified atom stereocenters. The molecular formula is C14H11Cl2N5O2. The van der Waals surface area contributed by atoms with Crippen LogP contribution >= 0.6 is 23.2 Å². The Kier molecular flexibility index (Phi) is 4.06. The van der Waals surface area contributed by atoms with E-state index in [0.29, 0.717) is 27.7 Å². The Morgan fingerprint density at radius 2 is 2.00 bits per heavy atom. The molecule has 118 valence electrons. The first-order valence-corrected chi connectivity index (χ1v) is 7.25. The Morgan fingerprint density at radius 3 is 2.65 bits per heavy atom. The monoisotopic (exact) mass is 351 g/mol. The van der Waals surface area contributed by atoms with Gasteiger partial charge in [-0.2, -0.15) is 4.98 Å². The molecule has 3 rings (SSSR count). The number of aromatic nitrogens is 5. The van der Waals surface area contributed by atoms with Crippen LogP contribution in [0.25, 0.3) is 16.9 Å². The highest BCUT2D eigenvalue weighted by Gasteiger charge is 2.17. The molecule has 0 aliphatic heterocycles. The number of hydrogen-bond donors (Lipinski definition) is 0. The second kappa shape index (κ2) is 6.02. The summed E-state index contributed by atoms with van der Waals surface area (Å²) in [6.45, 7) is 0. The summed E-state index contributed by atoms with van der Waals surface area (Å²) < 4.78 is 8.15. The molecule has 0 N–H and O–H groups in total. The molecule has 0 saturated heterocycles. The molecule has 0 atom stereocenters. The van der Waals surface area contributed by atoms with Gasteiger partial charge in [0.15, 0.2) is 10.9 Å². The summed E-state index contributed by atoms with van der Waals surface area (Å²) in [5.74, 6) is 0.432. The summed E-state index contributed by atoms with van der Waals surface area (Å²) in [5, 5.41) is 8.42. The summed E-state index contributed by atoms with van der Waals surface area (Å²) in [6, 6.07) is 5.11. The number of benzene rings is 1. The Bertz CT molecular complexity index is 935. The minimum absolute atomic E-state index is 0.245. The third kappa shape index (κ3) is 2.93. The Morgan fingerprint density at radius 1 is 1.22 bits per heavy atom. The van der Waals surface area contributed by atoms with Crippen molar-refractivity contribution in [3.05, 3.63) is 51.3 Å². The van der Waals surface area contributed by atoms with Crippen molar-refractivity contribution in [1.29, 1.82) is 0 Å². The number of aryl methyl sites for hydroxylation is 1. The maximum Gasteiger partial charge on any atom is 0.348 e. The van der Waals surface area contributed by atoms with E-state index in [2.05, 4.69) is 15.3 Å². The van der Waals surface area contributed by atoms with E-state index in [1.807, 2.05) is 0 Å². The Balaban J connectivity index is 2.30. The summed E-state index contributed by atoms with van der Waals surface area (Å²) in [4.78, 5) is 16.0. The van der Waals surface area contributed by atoms with Crippen LogP contribution in [0.1, 0.15) is 0 Å². The molecule has 23 heavy (non-hydrogen) atoms. The van der Waals surface area contributed by atoms with Crippen molar-refractivity contribution in [2.45, 2.75) is 0 Å². The Hall–Kier alpha value is -2.38. The van der Waals surface area contributed by atoms with Gasteiger partial charge in [0.2, 0.25) is 0 Å². The number of nitrogens with zero attached hydrogens (tertiary/aromatic N) is 5. The average molecular weight is 352 g/mol. The highest BCUT2D eigenvalue weighted by molar-refractivity contribution is 6.31. The molecule has 0 amide bonds. The van der Waals surface area contributed by atoms with Crippen molar-refractivity contribution in [1.82, 2.24) is 24.5 Å². The van der Waals surface area contributed by atoms with Gasteiger partial charge < -0.3 is 4.74 Å². The van der Waals surface area contributed by atoms with Gasteiger partial charge >= 0.3 is 5.69 Å². The van der Waals surface area contributed by atoms with Crippen LogP contribution in [-0.4, -0.2) is 31.7 Å². The molecule has 0 fully saturated rings. The number of hydrogen-bond acceptors (Lipinski definition) is 5. The summed E-state index contributed by atoms with van der Waals surface area (Å²) in [5.41, 5.74) is 1.14. The lowest BCUT2D eigenvalue weighted by Gasteiger charge is -2.13. The van der Waals surface area contributed by atoms with Crippen LogP contribution in [0.2, 0.25) is 10.2 Å². The lowest BCUT2D eigenvalue weighted by atomic mass is 10.1. The highest BCUT2D eigenvalue weighted by Crippen LogP contribution is 2.33. The fourth-order valence-electron chi connectivity index (χ4n) is 2.12. The number of ether oxygens (including phenoxy) is 1. The SMILES string of the molecule is COc1cn(C)c(=O)nc1-c1cc(Cl)ccc1-n1cc(Cl)nn1. The first-order valence-electron chi connectivity index (χ1n) is 6.49. The van der Waals surface area contributed by atoms with E-state index >= 15 is 0 Å². The largest absolute Gasteiger partial charge is 0.493 e. The highest BCUT2D eigenvalue weighted by atomic mass is 35.5. The zero-order valence-electron chi connectivity index (χ0n) is 12.2. The summed E-state index contributed by atoms with van der Waals surface area (Å²) in [7, 11) is 3.10. The van der Waals surface area contributed by atoms with Crippen LogP contribution < -0.4 is 10.4 Å². The fraction of sp³-hybridized carbons (Fsp3) is 0.143. The topological polar surface area (TPSA) is 74.8 Å². The van der Waals surface area contributed by atoms with Crippen molar-refractivity contribution in [3.63, 3.8) is 0 Å². The zero-order chi connectivity index (χ0) is 16.6. The third-order valence-corrected chi connectivity index (χ3v) is 3.61. The fourth-order valence-corrected chi connectivity index (χ4v) is 2.42. The van der Waals surface area contributed by atoms with Crippen LogP contribution in [-0.2, 0) is 7.05 Å². The van der Waals surface area contributed by atoms with Crippen LogP contribution in [0.3, 0.4) is 0 Å². The molecule has 0 radical (unpaired) electrons. The third-order valence-electron chi connectivity index (χ3n) is 3.20. The molecular weight excluding hydrogens is 341 g/mol. The van der Waals surface area contributed by atoms with Crippen molar-refractivity contribution in [2.24, 2.45) is 7.05 Å². The van der Waals surface area contributed by atoms with Crippen molar-refractivity contribution < 1.29 is 4.74 Å². The molecule has 0 aliphatic carbocycles. The lowest BCUT2D eigenvalue weighted by Crippen LogP contribution is -2.20. The van der Waals surface area contributed by atoms with Crippen LogP contribution in [0.5, 0.6) is 5.75 Å². The van der Waals surface area contributed by atoms with Gasteiger partial charge in [-0.25, -0.2) is 9.48 Å². The lowest BCUT2D eigenvalue weighted by molar-refractivity contribution is 0.408. The molecule has 9 heteroatoms. The molecule has 7 nitrogen and oxygen atoms in total. The van der Waals surface area contributed by atoms with Gasteiger partial charge in [-0.1, -0.05) is 28.4 Å². The Labute approximate surface area is 141 Å². The molecule has 0 saturated carbocycles. The van der Waals surface area contributed by atoms with E-state index in [4.69, 9.17) is 27.9 Å². The van der Waals surface area contributed by atoms with E-state index < -0.39 is 5.69 Å². The number of methoxy groups -OCH3 is 1. The van der Waals surface area contributed by atoms with Gasteiger partial charge in [0.05, 0.1) is 25.2 Å². The van der Waals surface area contributed by atoms with Gasteiger partial charge in [-0.3, -0.25) is 4.57 Å². The minimum atomic E-state index is -0.414. The summed E-state index contributed by atoms with van der Waals surface area (Å²) in [6.07, 6.45) is 3.10. The second-order valence-electron chi connectivity index (χ2n) is 4.70. The van der Waals surface area contributed by atoms with Gasteiger partial charge in [-0.15, -0.1) is 5.10 Å². The first-order chi connectivity index (χ1) is 11.0. The van der Waals surface area contributed by atoms with Crippen LogP contribution in [0.15, 0.2) is 35.4 Å². The first kappa shape index (κ1) is 15.5. The smallest absolute Gasteiger partial charge is 0.348 e. The van der Waals surface area contributed by atoms with E-state index in [1.165, 1.54) is 16.4 Å². The molecule has 3 aromatic rings. The van der Waals surface area contributed by atoms with Crippen molar-refractivity contribution in [2.75, 3.05) is 7.11 Å². The minimum Gasteiger partial charge on any atom is -0.493 e. The molecule has 1 aromatic carbocycles. The van der Waals surface area contributed by atoms with Gasteiger partial charge in [0.1, 0.15) is 5.69 Å². The molecule has 0 spiro atoms. The summed E-state index contributed by atoms with van der Waals surface area (Å²) >= 11 is 11.9. The quantitative estimate of drug-likeness (QED) is 0.723. The van der Waals surface area contributed by atoms with E-state index in [0.717, 1.165) is 0 Å². The van der Waals surface area contributed by atoms with Crippen molar-refractivity contribution >= 4 is 23.2 Å². The molecule has 0 aliphatic rings. The van der Waals surface area contributed by atoms with E-state index in [-0.39, 0.29) is 5.15 Å². The number of halogens is 2. The molecule has 2 aromatic heterocycles. The second-order valence-corrected chi connectivity index (χ2v) is 5.52. The van der Waals surface area contributed by atoms with Crippen molar-refractivity contribution in [3.8, 4) is 22.7 Å². The van der Waals surface area contributed by atoms with Crippen LogP contribution in [0.4, 0.5) is 0 Å². The predicted octanol–water partition coefficient (Wildman–Crippen LogP) is 2.34. The van der Waals surface area contributed by atoms with E-state index in [1.54, 1.807) is 37.6 Å². The molecule has 2 heterocycles. The maximum atomic E-state index is 11.9. The van der Waals surface area contributed by atoms with Gasteiger partial charge in [-0.05, 0) is 18.2 Å². The van der Waals surface area contributed by atoms with Gasteiger partial charge in [0, 0.05) is 17.6 Å². The predicted molar refractivity (Wildman–Crippen MR) is 86.4 cm³/mol. The average Bonchev–Trinajstić information content (AvgIpc) is 2.95. The van der Waals surface area contributed by atoms with E-state index in [9.17, 15) is 4.79 Å². The molecule has 0 bridgehead atoms.